The van der Waals surface area contributed by atoms with Gasteiger partial charge in [0, 0.05) is 17.8 Å². The third-order valence-electron chi connectivity index (χ3n) is 6.45. The quantitative estimate of drug-likeness (QED) is 0.130. The first kappa shape index (κ1) is 30.2. The molecule has 1 N–H and O–H groups in total. The Labute approximate surface area is 217 Å². The van der Waals surface area contributed by atoms with Gasteiger partial charge in [0.25, 0.3) is 10.0 Å². The fourth-order valence-electron chi connectivity index (χ4n) is 4.32. The molecule has 2 rings (SSSR count). The fourth-order valence-corrected chi connectivity index (χ4v) is 9.22. The van der Waals surface area contributed by atoms with Gasteiger partial charge in [-0.3, -0.25) is 0 Å². The van der Waals surface area contributed by atoms with Gasteiger partial charge in [0.2, 0.25) is 0 Å². The summed E-state index contributed by atoms with van der Waals surface area (Å²) in [6.45, 7) is 6.55. The Balaban J connectivity index is 1.74. The van der Waals surface area contributed by atoms with E-state index in [9.17, 15) is 16.8 Å². The minimum atomic E-state index is -3.89. The smallest absolute Gasteiger partial charge is 0.291 e. The molecule has 6 nitrogen and oxygen atoms in total. The van der Waals surface area contributed by atoms with Crippen LogP contribution in [0.2, 0.25) is 0 Å². The van der Waals surface area contributed by atoms with E-state index in [1.807, 2.05) is 6.92 Å². The molecule has 1 aromatic rings. The van der Waals surface area contributed by atoms with Crippen LogP contribution < -0.4 is 5.32 Å². The molecule has 1 aliphatic rings. The van der Waals surface area contributed by atoms with E-state index in [1.165, 1.54) is 57.2 Å². The second-order valence-corrected chi connectivity index (χ2v) is 14.9. The molecule has 0 unspecified atom stereocenters. The number of sulfone groups is 1. The summed E-state index contributed by atoms with van der Waals surface area (Å²) in [4.78, 5) is 0. The minimum absolute atomic E-state index is 0.0118. The van der Waals surface area contributed by atoms with E-state index in [0.717, 1.165) is 37.0 Å². The molecule has 0 radical (unpaired) electrons. The van der Waals surface area contributed by atoms with Crippen molar-refractivity contribution in [2.24, 2.45) is 4.40 Å². The van der Waals surface area contributed by atoms with E-state index in [1.54, 1.807) is 6.92 Å². The number of nitrogens with one attached hydrogen (secondary N) is 1. The summed E-state index contributed by atoms with van der Waals surface area (Å²) < 4.78 is 55.0. The van der Waals surface area contributed by atoms with Crippen LogP contribution in [0.1, 0.15) is 116 Å². The first-order valence-corrected chi connectivity index (χ1v) is 17.1. The van der Waals surface area contributed by atoms with E-state index in [-0.39, 0.29) is 14.5 Å². The van der Waals surface area contributed by atoms with Crippen LogP contribution >= 0.6 is 11.3 Å². The van der Waals surface area contributed by atoms with Crippen LogP contribution in [0.3, 0.4) is 0 Å². The highest BCUT2D eigenvalue weighted by atomic mass is 32.3. The van der Waals surface area contributed by atoms with Crippen molar-refractivity contribution in [1.29, 1.82) is 0 Å². The molecular weight excluding hydrogens is 500 g/mol. The molecule has 9 heteroatoms. The monoisotopic (exact) mass is 544 g/mol. The molecule has 200 valence electrons. The number of allylic oxidation sites excluding steroid dienone is 2. The molecule has 0 aromatic carbocycles. The third kappa shape index (κ3) is 9.41. The van der Waals surface area contributed by atoms with Crippen molar-refractivity contribution >= 4 is 37.4 Å². The van der Waals surface area contributed by atoms with Crippen LogP contribution in [0.5, 0.6) is 0 Å². The topological polar surface area (TPSA) is 92.7 Å². The minimum Gasteiger partial charge on any atom is -0.310 e. The van der Waals surface area contributed by atoms with Gasteiger partial charge in [-0.2, -0.15) is 12.8 Å². The summed E-state index contributed by atoms with van der Waals surface area (Å²) in [5, 5.41) is 2.74. The maximum absolute atomic E-state index is 12.7. The number of nitrogens with zero attached hydrogens (tertiary/aromatic N) is 1. The molecule has 0 aliphatic carbocycles. The first-order chi connectivity index (χ1) is 16.7. The molecule has 0 saturated heterocycles. The SMILES string of the molecule is CCCCCC/C=C\CCCCCCC/C=N/S(=O)(=O)c1cc2c(s1)S(=O)(=O)[C@@H](C)C[C@@H]2NCC. The van der Waals surface area contributed by atoms with Crippen molar-refractivity contribution in [2.75, 3.05) is 6.54 Å². The molecule has 2 heterocycles. The maximum atomic E-state index is 12.7. The van der Waals surface area contributed by atoms with Gasteiger partial charge in [0.05, 0.1) is 5.25 Å². The number of unbranched alkanes of at least 4 members (excludes halogenated alkanes) is 10. The molecular formula is C26H44N2O4S3. The lowest BCUT2D eigenvalue weighted by Crippen LogP contribution is -2.33. The summed E-state index contributed by atoms with van der Waals surface area (Å²) in [6, 6.07) is 1.35. The molecule has 35 heavy (non-hydrogen) atoms. The summed E-state index contributed by atoms with van der Waals surface area (Å²) in [6.07, 6.45) is 20.2. The lowest BCUT2D eigenvalue weighted by atomic mass is 10.1. The summed E-state index contributed by atoms with van der Waals surface area (Å²) in [5.41, 5.74) is 0.565. The van der Waals surface area contributed by atoms with Gasteiger partial charge >= 0.3 is 0 Å². The Morgan fingerprint density at radius 3 is 2.23 bits per heavy atom. The van der Waals surface area contributed by atoms with Crippen molar-refractivity contribution in [3.63, 3.8) is 0 Å². The van der Waals surface area contributed by atoms with Crippen molar-refractivity contribution in [3.8, 4) is 0 Å². The number of rotatable bonds is 17. The fraction of sp³-hybridized carbons (Fsp3) is 0.731. The highest BCUT2D eigenvalue weighted by Gasteiger charge is 2.39. The van der Waals surface area contributed by atoms with Crippen molar-refractivity contribution in [1.82, 2.24) is 5.32 Å². The van der Waals surface area contributed by atoms with Gasteiger partial charge in [-0.15, -0.1) is 11.3 Å². The Bertz CT molecular complexity index is 1030. The molecule has 1 aliphatic heterocycles. The Morgan fingerprint density at radius 1 is 1.00 bits per heavy atom. The van der Waals surface area contributed by atoms with Crippen LogP contribution in [-0.4, -0.2) is 34.8 Å². The van der Waals surface area contributed by atoms with Crippen LogP contribution in [0.15, 0.2) is 31.0 Å². The maximum Gasteiger partial charge on any atom is 0.291 e. The standard InChI is InChI=1S/C26H44N2O4S3/c1-4-6-7-8-9-10-11-12-13-14-15-16-17-18-19-28-35(31,32)25-21-23-24(27-5-2)20-22(3)34(29,30)26(23)33-25/h10-11,19,21-22,24,27H,4-9,12-18,20H2,1-3H3/b11-10-,28-19+/t22-,24-/m0/s1. The highest BCUT2D eigenvalue weighted by Crippen LogP contribution is 2.43. The molecule has 1 aromatic heterocycles. The predicted molar refractivity (Wildman–Crippen MR) is 148 cm³/mol. The van der Waals surface area contributed by atoms with E-state index in [2.05, 4.69) is 28.8 Å². The van der Waals surface area contributed by atoms with Crippen LogP contribution in [0, 0.1) is 0 Å². The zero-order valence-corrected chi connectivity index (χ0v) is 24.1. The summed E-state index contributed by atoms with van der Waals surface area (Å²) in [5.74, 6) is 0. The average molecular weight is 545 g/mol. The number of thiophene rings is 1. The average Bonchev–Trinajstić information content (AvgIpc) is 3.28. The first-order valence-electron chi connectivity index (χ1n) is 13.3. The second kappa shape index (κ2) is 15.3. The van der Waals surface area contributed by atoms with Gasteiger partial charge in [0.1, 0.15) is 8.42 Å². The molecule has 0 fully saturated rings. The van der Waals surface area contributed by atoms with Gasteiger partial charge in [-0.25, -0.2) is 8.42 Å². The zero-order chi connectivity index (χ0) is 25.7. The van der Waals surface area contributed by atoms with Gasteiger partial charge in [-0.1, -0.05) is 64.5 Å². The third-order valence-corrected chi connectivity index (χ3v) is 12.1. The van der Waals surface area contributed by atoms with E-state index >= 15 is 0 Å². The Kier molecular flexibility index (Phi) is 13.2. The van der Waals surface area contributed by atoms with Gasteiger partial charge in [-0.05, 0) is 64.5 Å². The van der Waals surface area contributed by atoms with E-state index < -0.39 is 25.1 Å². The van der Waals surface area contributed by atoms with Crippen molar-refractivity contribution < 1.29 is 16.8 Å². The Hall–Kier alpha value is -1.03. The van der Waals surface area contributed by atoms with Crippen LogP contribution in [0.25, 0.3) is 0 Å². The van der Waals surface area contributed by atoms with Gasteiger partial charge in [0.15, 0.2) is 9.84 Å². The van der Waals surface area contributed by atoms with Gasteiger partial charge < -0.3 is 5.32 Å². The molecule has 0 amide bonds. The zero-order valence-electron chi connectivity index (χ0n) is 21.7. The van der Waals surface area contributed by atoms with Crippen LogP contribution in [-0.2, 0) is 19.9 Å². The lowest BCUT2D eigenvalue weighted by Gasteiger charge is -2.27. The predicted octanol–water partition coefficient (Wildman–Crippen LogP) is 6.98. The Morgan fingerprint density at radius 2 is 1.60 bits per heavy atom. The normalized spacial score (nSPS) is 20.1. The van der Waals surface area contributed by atoms with E-state index in [4.69, 9.17) is 0 Å². The highest BCUT2D eigenvalue weighted by molar-refractivity contribution is 7.96. The number of hydrogen-bond donors (Lipinski definition) is 1. The molecule has 0 bridgehead atoms. The molecule has 0 saturated carbocycles. The van der Waals surface area contributed by atoms with Crippen LogP contribution in [0.4, 0.5) is 0 Å². The second-order valence-electron chi connectivity index (χ2n) is 9.44. The van der Waals surface area contributed by atoms with Crippen molar-refractivity contribution in [2.45, 2.75) is 124 Å². The molecule has 2 atom stereocenters. The number of fused-ring (bicyclic) bond motifs is 1. The van der Waals surface area contributed by atoms with E-state index in [0.29, 0.717) is 24.9 Å². The van der Waals surface area contributed by atoms with Crippen molar-refractivity contribution in [3.05, 3.63) is 23.8 Å². The lowest BCUT2D eigenvalue weighted by molar-refractivity contribution is 0.477. The summed E-state index contributed by atoms with van der Waals surface area (Å²) >= 11 is 0.835. The number of hydrogen-bond acceptors (Lipinski definition) is 6. The number of sulfonamides is 1. The molecule has 0 spiro atoms. The largest absolute Gasteiger partial charge is 0.310 e. The summed E-state index contributed by atoms with van der Waals surface area (Å²) in [7, 11) is -7.39.